The molecule has 0 saturated carbocycles. The molecule has 1 rings (SSSR count). The number of nitrogens with zero attached hydrogens (tertiary/aromatic N) is 2. The predicted octanol–water partition coefficient (Wildman–Crippen LogP) is 2.58. The van der Waals surface area contributed by atoms with Gasteiger partial charge in [-0.2, -0.15) is 13.2 Å². The van der Waals surface area contributed by atoms with Gasteiger partial charge in [-0.3, -0.25) is 0 Å². The molecule has 0 fully saturated rings. The smallest absolute Gasteiger partial charge is 0.373 e. The second kappa shape index (κ2) is 5.14. The van der Waals surface area contributed by atoms with Crippen LogP contribution in [0.2, 0.25) is 0 Å². The lowest BCUT2D eigenvalue weighted by molar-refractivity contribution is -0.134. The quantitative estimate of drug-likeness (QED) is 0.868. The summed E-state index contributed by atoms with van der Waals surface area (Å²) in [7, 11) is 1.68. The Labute approximate surface area is 92.1 Å². The Morgan fingerprint density at radius 1 is 1.31 bits per heavy atom. The molecule has 0 radical (unpaired) electrons. The standard InChI is InChI=1S/C10H14F3N3/c1-3-7-6-9(14-2)16-8(15-7)4-5-10(11,12)13/h6H,3-5H2,1-2H3,(H,14,15,16). The monoisotopic (exact) mass is 233 g/mol. The third-order valence-corrected chi connectivity index (χ3v) is 2.08. The number of rotatable bonds is 4. The molecule has 0 saturated heterocycles. The molecule has 0 aromatic carbocycles. The molecular formula is C10H14F3N3. The van der Waals surface area contributed by atoms with E-state index in [1.165, 1.54) is 0 Å². The van der Waals surface area contributed by atoms with Gasteiger partial charge in [-0.25, -0.2) is 9.97 Å². The lowest BCUT2D eigenvalue weighted by atomic mass is 10.2. The molecule has 90 valence electrons. The summed E-state index contributed by atoms with van der Waals surface area (Å²) >= 11 is 0. The molecule has 0 aliphatic heterocycles. The highest BCUT2D eigenvalue weighted by molar-refractivity contribution is 5.35. The van der Waals surface area contributed by atoms with E-state index in [0.717, 1.165) is 5.69 Å². The van der Waals surface area contributed by atoms with Crippen LogP contribution in [0.3, 0.4) is 0 Å². The second-order valence-electron chi connectivity index (χ2n) is 3.38. The van der Waals surface area contributed by atoms with E-state index in [2.05, 4.69) is 15.3 Å². The van der Waals surface area contributed by atoms with Crippen LogP contribution in [0.5, 0.6) is 0 Å². The minimum atomic E-state index is -4.16. The average molecular weight is 233 g/mol. The van der Waals surface area contributed by atoms with Gasteiger partial charge in [0.05, 0.1) is 6.42 Å². The number of alkyl halides is 3. The van der Waals surface area contributed by atoms with Crippen LogP contribution in [0.4, 0.5) is 19.0 Å². The van der Waals surface area contributed by atoms with Gasteiger partial charge < -0.3 is 5.32 Å². The normalized spacial score (nSPS) is 11.6. The molecule has 0 amide bonds. The van der Waals surface area contributed by atoms with Gasteiger partial charge >= 0.3 is 6.18 Å². The van der Waals surface area contributed by atoms with Gasteiger partial charge in [0.25, 0.3) is 0 Å². The van der Waals surface area contributed by atoms with Gasteiger partial charge in [0.15, 0.2) is 0 Å². The van der Waals surface area contributed by atoms with Gasteiger partial charge in [-0.15, -0.1) is 0 Å². The zero-order chi connectivity index (χ0) is 12.2. The van der Waals surface area contributed by atoms with E-state index in [-0.39, 0.29) is 12.2 Å². The number of aromatic nitrogens is 2. The van der Waals surface area contributed by atoms with Gasteiger partial charge in [0.1, 0.15) is 11.6 Å². The van der Waals surface area contributed by atoms with Gasteiger partial charge in [0.2, 0.25) is 0 Å². The van der Waals surface area contributed by atoms with E-state index in [1.54, 1.807) is 13.1 Å². The Balaban J connectivity index is 2.79. The summed E-state index contributed by atoms with van der Waals surface area (Å²) in [6, 6.07) is 1.73. The molecule has 0 aliphatic carbocycles. The fraction of sp³-hybridized carbons (Fsp3) is 0.600. The van der Waals surface area contributed by atoms with Crippen LogP contribution in [-0.2, 0) is 12.8 Å². The van der Waals surface area contributed by atoms with Crippen molar-refractivity contribution >= 4 is 5.82 Å². The zero-order valence-corrected chi connectivity index (χ0v) is 9.23. The van der Waals surface area contributed by atoms with Crippen LogP contribution in [0.25, 0.3) is 0 Å². The third-order valence-electron chi connectivity index (χ3n) is 2.08. The van der Waals surface area contributed by atoms with E-state index in [4.69, 9.17) is 0 Å². The molecule has 1 aromatic rings. The first kappa shape index (κ1) is 12.7. The first-order valence-electron chi connectivity index (χ1n) is 5.06. The highest BCUT2D eigenvalue weighted by Gasteiger charge is 2.27. The molecule has 16 heavy (non-hydrogen) atoms. The summed E-state index contributed by atoms with van der Waals surface area (Å²) in [5, 5.41) is 2.81. The summed E-state index contributed by atoms with van der Waals surface area (Å²) in [5.41, 5.74) is 0.747. The number of hydrogen-bond acceptors (Lipinski definition) is 3. The van der Waals surface area contributed by atoms with Crippen LogP contribution in [0.15, 0.2) is 6.07 Å². The Morgan fingerprint density at radius 2 is 2.00 bits per heavy atom. The third kappa shape index (κ3) is 4.04. The molecule has 0 spiro atoms. The molecule has 1 aromatic heterocycles. The van der Waals surface area contributed by atoms with E-state index < -0.39 is 12.6 Å². The van der Waals surface area contributed by atoms with Crippen molar-refractivity contribution in [1.82, 2.24) is 9.97 Å². The number of halogens is 3. The Morgan fingerprint density at radius 3 is 2.50 bits per heavy atom. The van der Waals surface area contributed by atoms with Crippen molar-refractivity contribution in [2.24, 2.45) is 0 Å². The lowest BCUT2D eigenvalue weighted by Gasteiger charge is -2.08. The first-order chi connectivity index (χ1) is 7.44. The fourth-order valence-corrected chi connectivity index (χ4v) is 1.23. The number of aryl methyl sites for hydroxylation is 2. The van der Waals surface area contributed by atoms with Crippen LogP contribution in [-0.4, -0.2) is 23.2 Å². The van der Waals surface area contributed by atoms with E-state index >= 15 is 0 Å². The lowest BCUT2D eigenvalue weighted by Crippen LogP contribution is -2.11. The molecule has 6 heteroatoms. The van der Waals surface area contributed by atoms with Crippen LogP contribution < -0.4 is 5.32 Å². The summed E-state index contributed by atoms with van der Waals surface area (Å²) in [6.07, 6.45) is -4.54. The van der Waals surface area contributed by atoms with Gasteiger partial charge in [-0.05, 0) is 6.42 Å². The summed E-state index contributed by atoms with van der Waals surface area (Å²) < 4.78 is 36.1. The number of hydrogen-bond donors (Lipinski definition) is 1. The molecule has 0 aliphatic rings. The van der Waals surface area contributed by atoms with Crippen molar-refractivity contribution < 1.29 is 13.2 Å². The predicted molar refractivity (Wildman–Crippen MR) is 55.3 cm³/mol. The largest absolute Gasteiger partial charge is 0.389 e. The van der Waals surface area contributed by atoms with Crippen LogP contribution in [0, 0.1) is 0 Å². The van der Waals surface area contributed by atoms with Crippen molar-refractivity contribution in [3.63, 3.8) is 0 Å². The molecular weight excluding hydrogens is 219 g/mol. The summed E-state index contributed by atoms with van der Waals surface area (Å²) in [6.45, 7) is 1.90. The van der Waals surface area contributed by atoms with E-state index in [1.807, 2.05) is 6.92 Å². The molecule has 0 unspecified atom stereocenters. The number of nitrogens with one attached hydrogen (secondary N) is 1. The zero-order valence-electron chi connectivity index (χ0n) is 9.23. The second-order valence-corrected chi connectivity index (χ2v) is 3.38. The number of anilines is 1. The highest BCUT2D eigenvalue weighted by Crippen LogP contribution is 2.21. The molecule has 0 bridgehead atoms. The minimum Gasteiger partial charge on any atom is -0.373 e. The SMILES string of the molecule is CCc1cc(NC)nc(CCC(F)(F)F)n1. The maximum Gasteiger partial charge on any atom is 0.389 e. The Kier molecular flexibility index (Phi) is 4.09. The Hall–Kier alpha value is -1.33. The average Bonchev–Trinajstić information content (AvgIpc) is 2.25. The first-order valence-corrected chi connectivity index (χ1v) is 5.06. The minimum absolute atomic E-state index is 0.175. The van der Waals surface area contributed by atoms with Crippen LogP contribution in [0.1, 0.15) is 24.9 Å². The molecule has 3 nitrogen and oxygen atoms in total. The van der Waals surface area contributed by atoms with Crippen molar-refractivity contribution in [1.29, 1.82) is 0 Å². The van der Waals surface area contributed by atoms with Gasteiger partial charge in [0, 0.05) is 25.2 Å². The maximum absolute atomic E-state index is 12.0. The van der Waals surface area contributed by atoms with E-state index in [0.29, 0.717) is 12.2 Å². The van der Waals surface area contributed by atoms with E-state index in [9.17, 15) is 13.2 Å². The molecule has 0 atom stereocenters. The fourth-order valence-electron chi connectivity index (χ4n) is 1.23. The molecule has 1 N–H and O–H groups in total. The maximum atomic E-state index is 12.0. The van der Waals surface area contributed by atoms with Crippen molar-refractivity contribution in [3.8, 4) is 0 Å². The van der Waals surface area contributed by atoms with Crippen molar-refractivity contribution in [3.05, 3.63) is 17.6 Å². The van der Waals surface area contributed by atoms with Crippen molar-refractivity contribution in [2.75, 3.05) is 12.4 Å². The summed E-state index contributed by atoms with van der Waals surface area (Å²) in [4.78, 5) is 8.03. The van der Waals surface area contributed by atoms with Crippen molar-refractivity contribution in [2.45, 2.75) is 32.4 Å². The highest BCUT2D eigenvalue weighted by atomic mass is 19.4. The molecule has 1 heterocycles. The Bertz CT molecular complexity index is 327. The van der Waals surface area contributed by atoms with Gasteiger partial charge in [-0.1, -0.05) is 6.92 Å². The van der Waals surface area contributed by atoms with Crippen LogP contribution >= 0.6 is 0 Å². The summed E-state index contributed by atoms with van der Waals surface area (Å²) in [5.74, 6) is 0.796. The topological polar surface area (TPSA) is 37.8 Å².